The van der Waals surface area contributed by atoms with Crippen LogP contribution in [0.3, 0.4) is 0 Å². The molecule has 0 bridgehead atoms. The van der Waals surface area contributed by atoms with Crippen LogP contribution in [0.4, 0.5) is 5.69 Å². The maximum Gasteiger partial charge on any atom is 0.313 e. The van der Waals surface area contributed by atoms with E-state index in [0.717, 1.165) is 18.7 Å². The van der Waals surface area contributed by atoms with E-state index >= 15 is 0 Å². The topological polar surface area (TPSA) is 83.6 Å². The number of carbonyl (C=O) groups is 2. The van der Waals surface area contributed by atoms with Gasteiger partial charge in [-0.25, -0.2) is 0 Å². The van der Waals surface area contributed by atoms with Crippen LogP contribution in [0.25, 0.3) is 0 Å². The Bertz CT molecular complexity index is 623. The average Bonchev–Trinajstić information content (AvgIpc) is 2.54. The average molecular weight is 348 g/mol. The van der Waals surface area contributed by atoms with Crippen LogP contribution < -0.4 is 10.6 Å². The number of aryl methyl sites for hydroxylation is 1. The van der Waals surface area contributed by atoms with Crippen molar-refractivity contribution in [2.45, 2.75) is 52.4 Å². The lowest BCUT2D eigenvalue weighted by molar-refractivity contribution is -0.137. The van der Waals surface area contributed by atoms with Gasteiger partial charge in [0.2, 0.25) is 0 Å². The Balaban J connectivity index is 1.89. The molecule has 138 valence electrons. The highest BCUT2D eigenvalue weighted by molar-refractivity contribution is 6.39. The number of rotatable bonds is 4. The van der Waals surface area contributed by atoms with E-state index in [0.29, 0.717) is 12.2 Å². The summed E-state index contributed by atoms with van der Waals surface area (Å²) in [6.45, 7) is 12.0. The standard InChI is InChI=1S/C18H28N4O3/c1-12-6-7-19-8-15(12)21-17(24)16(23)20-11-18(4,5)22-9-13(2)25-14(3)10-22/h6-8,13-14H,9-11H2,1-5H3,(H,20,23)(H,21,24). The molecule has 1 aromatic rings. The molecule has 1 saturated heterocycles. The molecule has 2 N–H and O–H groups in total. The largest absolute Gasteiger partial charge is 0.373 e. The minimum atomic E-state index is -0.685. The van der Waals surface area contributed by atoms with E-state index in [1.165, 1.54) is 6.20 Å². The number of hydrogen-bond acceptors (Lipinski definition) is 5. The molecule has 1 fully saturated rings. The van der Waals surface area contributed by atoms with Crippen LogP contribution in [0.2, 0.25) is 0 Å². The van der Waals surface area contributed by atoms with Gasteiger partial charge in [-0.05, 0) is 46.2 Å². The van der Waals surface area contributed by atoms with Crippen LogP contribution in [0.5, 0.6) is 0 Å². The first-order valence-corrected chi connectivity index (χ1v) is 8.59. The van der Waals surface area contributed by atoms with Crippen molar-refractivity contribution in [2.75, 3.05) is 25.0 Å². The molecular weight excluding hydrogens is 320 g/mol. The number of morpholine rings is 1. The van der Waals surface area contributed by atoms with E-state index in [9.17, 15) is 9.59 Å². The number of pyridine rings is 1. The molecule has 7 nitrogen and oxygen atoms in total. The number of carbonyl (C=O) groups excluding carboxylic acids is 2. The Hall–Kier alpha value is -1.99. The molecule has 0 saturated carbocycles. The molecule has 1 aliphatic rings. The Morgan fingerprint density at radius 1 is 1.28 bits per heavy atom. The third kappa shape index (κ3) is 5.24. The highest BCUT2D eigenvalue weighted by Crippen LogP contribution is 2.20. The number of aromatic nitrogens is 1. The summed E-state index contributed by atoms with van der Waals surface area (Å²) >= 11 is 0. The predicted molar refractivity (Wildman–Crippen MR) is 96.3 cm³/mol. The molecule has 2 heterocycles. The van der Waals surface area contributed by atoms with E-state index in [-0.39, 0.29) is 17.7 Å². The van der Waals surface area contributed by atoms with Crippen LogP contribution in [0.1, 0.15) is 33.3 Å². The molecular formula is C18H28N4O3. The van der Waals surface area contributed by atoms with Crippen LogP contribution in [0, 0.1) is 6.92 Å². The molecule has 2 rings (SSSR count). The van der Waals surface area contributed by atoms with Crippen molar-refractivity contribution < 1.29 is 14.3 Å². The SMILES string of the molecule is Cc1ccncc1NC(=O)C(=O)NCC(C)(C)N1CC(C)OC(C)C1. The summed E-state index contributed by atoms with van der Waals surface area (Å²) in [5.41, 5.74) is 1.12. The Morgan fingerprint density at radius 2 is 1.92 bits per heavy atom. The fourth-order valence-electron chi connectivity index (χ4n) is 2.93. The summed E-state index contributed by atoms with van der Waals surface area (Å²) in [6.07, 6.45) is 3.46. The minimum Gasteiger partial charge on any atom is -0.373 e. The molecule has 1 aromatic heterocycles. The zero-order valence-corrected chi connectivity index (χ0v) is 15.6. The molecule has 2 amide bonds. The van der Waals surface area contributed by atoms with Gasteiger partial charge in [0.15, 0.2) is 0 Å². The van der Waals surface area contributed by atoms with Crippen LogP contribution >= 0.6 is 0 Å². The maximum absolute atomic E-state index is 12.1. The number of anilines is 1. The maximum atomic E-state index is 12.1. The van der Waals surface area contributed by atoms with E-state index in [2.05, 4.69) is 34.4 Å². The van der Waals surface area contributed by atoms with Gasteiger partial charge in [0.25, 0.3) is 0 Å². The molecule has 0 spiro atoms. The number of ether oxygens (including phenoxy) is 1. The van der Waals surface area contributed by atoms with Gasteiger partial charge in [0, 0.05) is 31.4 Å². The second-order valence-electron chi connectivity index (χ2n) is 7.30. The smallest absolute Gasteiger partial charge is 0.313 e. The molecule has 2 atom stereocenters. The van der Waals surface area contributed by atoms with Gasteiger partial charge in [-0.15, -0.1) is 0 Å². The van der Waals surface area contributed by atoms with Gasteiger partial charge in [0.05, 0.1) is 24.1 Å². The Morgan fingerprint density at radius 3 is 2.52 bits per heavy atom. The van der Waals surface area contributed by atoms with E-state index in [1.807, 2.05) is 20.8 Å². The minimum absolute atomic E-state index is 0.149. The Labute approximate surface area is 149 Å². The molecule has 1 aliphatic heterocycles. The first kappa shape index (κ1) is 19.3. The van der Waals surface area contributed by atoms with Crippen molar-refractivity contribution >= 4 is 17.5 Å². The first-order valence-electron chi connectivity index (χ1n) is 8.59. The lowest BCUT2D eigenvalue weighted by Crippen LogP contribution is -2.59. The summed E-state index contributed by atoms with van der Waals surface area (Å²) in [6, 6.07) is 1.78. The molecule has 0 radical (unpaired) electrons. The molecule has 7 heteroatoms. The van der Waals surface area contributed by atoms with Gasteiger partial charge in [-0.3, -0.25) is 19.5 Å². The predicted octanol–water partition coefficient (Wildman–Crippen LogP) is 1.33. The molecule has 2 unspecified atom stereocenters. The second-order valence-corrected chi connectivity index (χ2v) is 7.30. The zero-order chi connectivity index (χ0) is 18.6. The molecule has 0 aliphatic carbocycles. The lowest BCUT2D eigenvalue weighted by Gasteiger charge is -2.45. The fraction of sp³-hybridized carbons (Fsp3) is 0.611. The van der Waals surface area contributed by atoms with Crippen molar-refractivity contribution in [1.29, 1.82) is 0 Å². The quantitative estimate of drug-likeness (QED) is 0.802. The highest BCUT2D eigenvalue weighted by Gasteiger charge is 2.33. The summed E-state index contributed by atoms with van der Waals surface area (Å²) in [7, 11) is 0. The van der Waals surface area contributed by atoms with Gasteiger partial charge < -0.3 is 15.4 Å². The van der Waals surface area contributed by atoms with Gasteiger partial charge in [-0.2, -0.15) is 0 Å². The van der Waals surface area contributed by atoms with Crippen molar-refractivity contribution in [2.24, 2.45) is 0 Å². The summed E-state index contributed by atoms with van der Waals surface area (Å²) in [4.78, 5) is 30.4. The Kier molecular flexibility index (Phi) is 6.13. The van der Waals surface area contributed by atoms with E-state index in [1.54, 1.807) is 12.3 Å². The summed E-state index contributed by atoms with van der Waals surface area (Å²) in [5.74, 6) is -1.33. The zero-order valence-electron chi connectivity index (χ0n) is 15.6. The third-order valence-electron chi connectivity index (χ3n) is 4.45. The summed E-state index contributed by atoms with van der Waals surface area (Å²) in [5, 5.41) is 5.33. The first-order chi connectivity index (χ1) is 11.7. The van der Waals surface area contributed by atoms with Crippen molar-refractivity contribution in [3.63, 3.8) is 0 Å². The lowest BCUT2D eigenvalue weighted by atomic mass is 10.00. The molecule has 25 heavy (non-hydrogen) atoms. The van der Waals surface area contributed by atoms with Crippen molar-refractivity contribution in [1.82, 2.24) is 15.2 Å². The van der Waals surface area contributed by atoms with Gasteiger partial charge >= 0.3 is 11.8 Å². The van der Waals surface area contributed by atoms with Gasteiger partial charge in [-0.1, -0.05) is 0 Å². The van der Waals surface area contributed by atoms with Crippen LogP contribution in [-0.2, 0) is 14.3 Å². The van der Waals surface area contributed by atoms with Crippen LogP contribution in [0.15, 0.2) is 18.5 Å². The number of nitrogens with zero attached hydrogens (tertiary/aromatic N) is 2. The van der Waals surface area contributed by atoms with Gasteiger partial charge in [0.1, 0.15) is 0 Å². The molecule has 0 aromatic carbocycles. The second kappa shape index (κ2) is 7.93. The fourth-order valence-corrected chi connectivity index (χ4v) is 2.93. The highest BCUT2D eigenvalue weighted by atomic mass is 16.5. The van der Waals surface area contributed by atoms with Crippen molar-refractivity contribution in [3.8, 4) is 0 Å². The number of hydrogen-bond donors (Lipinski definition) is 2. The normalized spacial score (nSPS) is 21.6. The van der Waals surface area contributed by atoms with E-state index < -0.39 is 11.8 Å². The van der Waals surface area contributed by atoms with E-state index in [4.69, 9.17) is 4.74 Å². The monoisotopic (exact) mass is 348 g/mol. The number of amides is 2. The van der Waals surface area contributed by atoms with Crippen LogP contribution in [-0.4, -0.2) is 59.1 Å². The number of nitrogens with one attached hydrogen (secondary N) is 2. The van der Waals surface area contributed by atoms with Crippen molar-refractivity contribution in [3.05, 3.63) is 24.0 Å². The summed E-state index contributed by atoms with van der Waals surface area (Å²) < 4.78 is 5.75. The third-order valence-corrected chi connectivity index (χ3v) is 4.45.